The Bertz CT molecular complexity index is 982. The number of benzene rings is 2. The molecule has 1 atom stereocenters. The lowest BCUT2D eigenvalue weighted by Gasteiger charge is -2.26. The molecule has 2 heterocycles. The summed E-state index contributed by atoms with van der Waals surface area (Å²) in [5.41, 5.74) is 3.94. The van der Waals surface area contributed by atoms with E-state index in [-0.39, 0.29) is 12.0 Å². The van der Waals surface area contributed by atoms with Crippen LogP contribution in [0.15, 0.2) is 72.9 Å². The molecular weight excluding hydrogens is 400 g/mol. The molecule has 1 aromatic heterocycles. The highest BCUT2D eigenvalue weighted by molar-refractivity contribution is 5.94. The fourth-order valence-corrected chi connectivity index (χ4v) is 3.86. The van der Waals surface area contributed by atoms with Crippen molar-refractivity contribution >= 4 is 5.91 Å². The van der Waals surface area contributed by atoms with Crippen LogP contribution in [-0.2, 0) is 17.7 Å². The SMILES string of the molecule is Cc1ccc(C(=O)N(Cc2ccc(OCCc3ccccn3)cc2)CC2CCCO2)cc1. The van der Waals surface area contributed by atoms with Crippen molar-refractivity contribution in [2.75, 3.05) is 19.8 Å². The highest BCUT2D eigenvalue weighted by Gasteiger charge is 2.23. The third kappa shape index (κ3) is 6.17. The molecule has 32 heavy (non-hydrogen) atoms. The van der Waals surface area contributed by atoms with Crippen molar-refractivity contribution < 1.29 is 14.3 Å². The topological polar surface area (TPSA) is 51.7 Å². The first kappa shape index (κ1) is 22.0. The fraction of sp³-hybridized carbons (Fsp3) is 0.333. The maximum absolute atomic E-state index is 13.2. The summed E-state index contributed by atoms with van der Waals surface area (Å²) in [5, 5.41) is 0. The number of ether oxygens (including phenoxy) is 2. The molecule has 1 aliphatic rings. The Labute approximate surface area is 190 Å². The van der Waals surface area contributed by atoms with E-state index in [9.17, 15) is 4.79 Å². The summed E-state index contributed by atoms with van der Waals surface area (Å²) in [6.07, 6.45) is 4.73. The molecule has 5 nitrogen and oxygen atoms in total. The van der Waals surface area contributed by atoms with Gasteiger partial charge >= 0.3 is 0 Å². The normalized spacial score (nSPS) is 15.5. The number of pyridine rings is 1. The van der Waals surface area contributed by atoms with Crippen molar-refractivity contribution in [3.8, 4) is 5.75 Å². The third-order valence-corrected chi connectivity index (χ3v) is 5.68. The number of hydrogen-bond donors (Lipinski definition) is 0. The molecule has 0 saturated carbocycles. The molecule has 0 aliphatic carbocycles. The van der Waals surface area contributed by atoms with Crippen LogP contribution >= 0.6 is 0 Å². The smallest absolute Gasteiger partial charge is 0.254 e. The van der Waals surface area contributed by atoms with Crippen LogP contribution in [0, 0.1) is 6.92 Å². The summed E-state index contributed by atoms with van der Waals surface area (Å²) in [5.74, 6) is 0.858. The second kappa shape index (κ2) is 10.9. The van der Waals surface area contributed by atoms with Gasteiger partial charge in [0.15, 0.2) is 0 Å². The van der Waals surface area contributed by atoms with Gasteiger partial charge < -0.3 is 14.4 Å². The Morgan fingerprint density at radius 1 is 1.09 bits per heavy atom. The summed E-state index contributed by atoms with van der Waals surface area (Å²) >= 11 is 0. The van der Waals surface area contributed by atoms with E-state index in [1.165, 1.54) is 0 Å². The fourth-order valence-electron chi connectivity index (χ4n) is 3.86. The standard InChI is InChI=1S/C27H30N2O3/c1-21-7-11-23(12-8-21)27(30)29(20-26-6-4-17-31-26)19-22-9-13-25(14-10-22)32-18-15-24-5-2-3-16-28-24/h2-3,5,7-14,16,26H,4,6,15,17-20H2,1H3. The predicted octanol–water partition coefficient (Wildman–Crippen LogP) is 4.83. The molecule has 0 spiro atoms. The van der Waals surface area contributed by atoms with Crippen LogP contribution in [0.4, 0.5) is 0 Å². The summed E-state index contributed by atoms with van der Waals surface area (Å²) in [4.78, 5) is 19.4. The molecule has 5 heteroatoms. The Kier molecular flexibility index (Phi) is 7.51. The first-order chi connectivity index (χ1) is 15.7. The van der Waals surface area contributed by atoms with Gasteiger partial charge in [0.25, 0.3) is 5.91 Å². The molecule has 1 aliphatic heterocycles. The number of amides is 1. The van der Waals surface area contributed by atoms with E-state index in [1.54, 1.807) is 6.20 Å². The van der Waals surface area contributed by atoms with Gasteiger partial charge in [-0.3, -0.25) is 9.78 Å². The zero-order valence-corrected chi connectivity index (χ0v) is 18.6. The number of carbonyl (C=O) groups excluding carboxylic acids is 1. The summed E-state index contributed by atoms with van der Waals surface area (Å²) in [6, 6.07) is 21.7. The zero-order chi connectivity index (χ0) is 22.2. The monoisotopic (exact) mass is 430 g/mol. The zero-order valence-electron chi connectivity index (χ0n) is 18.6. The van der Waals surface area contributed by atoms with Crippen LogP contribution in [0.1, 0.15) is 40.0 Å². The Morgan fingerprint density at radius 3 is 2.59 bits per heavy atom. The van der Waals surface area contributed by atoms with Crippen LogP contribution in [0.5, 0.6) is 5.75 Å². The Hall–Kier alpha value is -3.18. The van der Waals surface area contributed by atoms with E-state index in [4.69, 9.17) is 9.47 Å². The number of hydrogen-bond acceptors (Lipinski definition) is 4. The van der Waals surface area contributed by atoms with E-state index in [1.807, 2.05) is 78.6 Å². The summed E-state index contributed by atoms with van der Waals surface area (Å²) in [6.45, 7) is 4.53. The largest absolute Gasteiger partial charge is 0.493 e. The number of nitrogens with zero attached hydrogens (tertiary/aromatic N) is 2. The van der Waals surface area contributed by atoms with Gasteiger partial charge in [0.05, 0.1) is 12.7 Å². The molecule has 1 unspecified atom stereocenters. The molecule has 0 bridgehead atoms. The number of aryl methyl sites for hydroxylation is 1. The second-order valence-electron chi connectivity index (χ2n) is 8.25. The van der Waals surface area contributed by atoms with Crippen molar-refractivity contribution in [1.29, 1.82) is 0 Å². The maximum Gasteiger partial charge on any atom is 0.254 e. The summed E-state index contributed by atoms with van der Waals surface area (Å²) < 4.78 is 11.7. The van der Waals surface area contributed by atoms with E-state index >= 15 is 0 Å². The van der Waals surface area contributed by atoms with Crippen LogP contribution in [0.2, 0.25) is 0 Å². The van der Waals surface area contributed by atoms with E-state index in [0.29, 0.717) is 25.3 Å². The molecule has 3 aromatic rings. The molecule has 1 saturated heterocycles. The average molecular weight is 431 g/mol. The van der Waals surface area contributed by atoms with Crippen LogP contribution < -0.4 is 4.74 Å². The second-order valence-corrected chi connectivity index (χ2v) is 8.25. The van der Waals surface area contributed by atoms with Gasteiger partial charge in [-0.1, -0.05) is 35.9 Å². The lowest BCUT2D eigenvalue weighted by atomic mass is 10.1. The first-order valence-electron chi connectivity index (χ1n) is 11.3. The van der Waals surface area contributed by atoms with Crippen molar-refractivity contribution in [2.24, 2.45) is 0 Å². The Balaban J connectivity index is 1.38. The molecule has 0 N–H and O–H groups in total. The van der Waals surface area contributed by atoms with E-state index < -0.39 is 0 Å². The van der Waals surface area contributed by atoms with Gasteiger partial charge in [-0.2, -0.15) is 0 Å². The summed E-state index contributed by atoms with van der Waals surface area (Å²) in [7, 11) is 0. The lowest BCUT2D eigenvalue weighted by molar-refractivity contribution is 0.0507. The molecule has 4 rings (SSSR count). The van der Waals surface area contributed by atoms with Gasteiger partial charge in [-0.15, -0.1) is 0 Å². The minimum atomic E-state index is 0.0381. The molecule has 1 fully saturated rings. The quantitative estimate of drug-likeness (QED) is 0.488. The van der Waals surface area contributed by atoms with Gasteiger partial charge in [-0.25, -0.2) is 0 Å². The lowest BCUT2D eigenvalue weighted by Crippen LogP contribution is -2.37. The molecule has 2 aromatic carbocycles. The number of carbonyl (C=O) groups is 1. The molecule has 0 radical (unpaired) electrons. The average Bonchev–Trinajstić information content (AvgIpc) is 3.34. The number of rotatable bonds is 9. The van der Waals surface area contributed by atoms with Gasteiger partial charge in [0.1, 0.15) is 5.75 Å². The van der Waals surface area contributed by atoms with Gasteiger partial charge in [0.2, 0.25) is 0 Å². The maximum atomic E-state index is 13.2. The molecule has 1 amide bonds. The van der Waals surface area contributed by atoms with Gasteiger partial charge in [0, 0.05) is 43.6 Å². The predicted molar refractivity (Wildman–Crippen MR) is 125 cm³/mol. The third-order valence-electron chi connectivity index (χ3n) is 5.68. The number of aromatic nitrogens is 1. The van der Waals surface area contributed by atoms with Crippen LogP contribution in [0.3, 0.4) is 0 Å². The highest BCUT2D eigenvalue weighted by Crippen LogP contribution is 2.19. The van der Waals surface area contributed by atoms with Crippen molar-refractivity contribution in [3.05, 3.63) is 95.3 Å². The molecular formula is C27H30N2O3. The minimum Gasteiger partial charge on any atom is -0.493 e. The van der Waals surface area contributed by atoms with Gasteiger partial charge in [-0.05, 0) is 61.7 Å². The molecule has 166 valence electrons. The van der Waals surface area contributed by atoms with Crippen LogP contribution in [-0.4, -0.2) is 41.7 Å². The highest BCUT2D eigenvalue weighted by atomic mass is 16.5. The van der Waals surface area contributed by atoms with E-state index in [0.717, 1.165) is 48.4 Å². The first-order valence-corrected chi connectivity index (χ1v) is 11.3. The van der Waals surface area contributed by atoms with E-state index in [2.05, 4.69) is 4.98 Å². The van der Waals surface area contributed by atoms with Crippen LogP contribution in [0.25, 0.3) is 0 Å². The van der Waals surface area contributed by atoms with Crippen molar-refractivity contribution in [3.63, 3.8) is 0 Å². The Morgan fingerprint density at radius 2 is 1.91 bits per heavy atom. The van der Waals surface area contributed by atoms with Crippen molar-refractivity contribution in [1.82, 2.24) is 9.88 Å². The van der Waals surface area contributed by atoms with Crippen molar-refractivity contribution in [2.45, 2.75) is 38.8 Å². The minimum absolute atomic E-state index is 0.0381.